The molecule has 0 aliphatic heterocycles. The van der Waals surface area contributed by atoms with E-state index in [-0.39, 0.29) is 23.3 Å². The quantitative estimate of drug-likeness (QED) is 0.655. The van der Waals surface area contributed by atoms with Crippen LogP contribution < -0.4 is 22.1 Å². The minimum Gasteiger partial charge on any atom is -0.327 e. The van der Waals surface area contributed by atoms with Crippen LogP contribution in [-0.4, -0.2) is 20.4 Å². The molecule has 1 aromatic carbocycles. The lowest BCUT2D eigenvalue weighted by Gasteiger charge is -2.07. The highest BCUT2D eigenvalue weighted by atomic mass is 16.2. The second-order valence-electron chi connectivity index (χ2n) is 5.11. The number of aromatic amines is 2. The summed E-state index contributed by atoms with van der Waals surface area (Å²) >= 11 is 0. The monoisotopic (exact) mass is 326 g/mol. The normalized spacial score (nSPS) is 10.7. The molecule has 0 unspecified atom stereocenters. The number of amides is 1. The molecule has 8 nitrogen and oxygen atoms in total. The van der Waals surface area contributed by atoms with Crippen molar-refractivity contribution in [2.24, 2.45) is 0 Å². The topological polar surface area (TPSA) is 117 Å². The average Bonchev–Trinajstić information content (AvgIpc) is 2.56. The number of anilines is 1. The fourth-order valence-electron chi connectivity index (χ4n) is 2.40. The van der Waals surface area contributed by atoms with Crippen LogP contribution in [0.3, 0.4) is 0 Å². The van der Waals surface area contributed by atoms with Crippen molar-refractivity contribution in [3.63, 3.8) is 0 Å². The van der Waals surface area contributed by atoms with Crippen LogP contribution in [0, 0.1) is 0 Å². The molecule has 0 saturated heterocycles. The average molecular weight is 326 g/mol. The van der Waals surface area contributed by atoms with Crippen molar-refractivity contribution in [2.45, 2.75) is 13.5 Å². The Morgan fingerprint density at radius 1 is 1.21 bits per heavy atom. The molecule has 0 aliphatic rings. The van der Waals surface area contributed by atoms with E-state index >= 15 is 0 Å². The van der Waals surface area contributed by atoms with Gasteiger partial charge in [-0.1, -0.05) is 0 Å². The van der Waals surface area contributed by atoms with Gasteiger partial charge in [-0.2, -0.15) is 0 Å². The van der Waals surface area contributed by atoms with Crippen LogP contribution >= 0.6 is 0 Å². The largest absolute Gasteiger partial charge is 0.328 e. The fourth-order valence-corrected chi connectivity index (χ4v) is 2.40. The predicted molar refractivity (Wildman–Crippen MR) is 89.5 cm³/mol. The Labute approximate surface area is 134 Å². The summed E-state index contributed by atoms with van der Waals surface area (Å²) in [7, 11) is 0. The Bertz CT molecular complexity index is 1110. The molecule has 24 heavy (non-hydrogen) atoms. The van der Waals surface area contributed by atoms with Gasteiger partial charge in [-0.3, -0.25) is 19.0 Å². The van der Waals surface area contributed by atoms with E-state index in [0.29, 0.717) is 5.39 Å². The summed E-state index contributed by atoms with van der Waals surface area (Å²) in [6, 6.07) is 7.41. The van der Waals surface area contributed by atoms with Crippen LogP contribution in [-0.2, 0) is 6.54 Å². The maximum absolute atomic E-state index is 12.3. The lowest BCUT2D eigenvalue weighted by molar-refractivity contribution is 0.102. The second kappa shape index (κ2) is 5.99. The van der Waals surface area contributed by atoms with Crippen molar-refractivity contribution in [2.75, 3.05) is 5.32 Å². The van der Waals surface area contributed by atoms with E-state index < -0.39 is 22.7 Å². The van der Waals surface area contributed by atoms with Gasteiger partial charge in [0.25, 0.3) is 17.0 Å². The van der Waals surface area contributed by atoms with Crippen molar-refractivity contribution in [1.82, 2.24) is 14.5 Å². The molecule has 0 aliphatic carbocycles. The minimum absolute atomic E-state index is 0.109. The van der Waals surface area contributed by atoms with Crippen molar-refractivity contribution in [3.8, 4) is 0 Å². The van der Waals surface area contributed by atoms with Gasteiger partial charge in [-0.25, -0.2) is 4.79 Å². The van der Waals surface area contributed by atoms with E-state index in [2.05, 4.69) is 15.3 Å². The third-order valence-corrected chi connectivity index (χ3v) is 3.63. The van der Waals surface area contributed by atoms with Crippen LogP contribution in [0.5, 0.6) is 0 Å². The van der Waals surface area contributed by atoms with Gasteiger partial charge < -0.3 is 15.3 Å². The number of benzene rings is 1. The first-order chi connectivity index (χ1) is 11.5. The van der Waals surface area contributed by atoms with E-state index in [1.165, 1.54) is 30.5 Å². The Morgan fingerprint density at radius 2 is 2.00 bits per heavy atom. The molecule has 0 saturated carbocycles. The molecule has 1 amide bonds. The predicted octanol–water partition coefficient (Wildman–Crippen LogP) is 0.650. The molecule has 2 heterocycles. The first kappa shape index (κ1) is 15.5. The third kappa shape index (κ3) is 2.65. The summed E-state index contributed by atoms with van der Waals surface area (Å²) in [5.74, 6) is -0.519. The number of carbonyl (C=O) groups is 1. The SMILES string of the molecule is CCn1c(=O)[nH]c2cc(C(=O)Nc3ccc[nH]c3=O)ccc2c1=O. The highest BCUT2D eigenvalue weighted by Crippen LogP contribution is 2.11. The van der Waals surface area contributed by atoms with Crippen LogP contribution in [0.1, 0.15) is 17.3 Å². The number of hydrogen-bond acceptors (Lipinski definition) is 4. The first-order valence-corrected chi connectivity index (χ1v) is 7.27. The van der Waals surface area contributed by atoms with Gasteiger partial charge in [0.15, 0.2) is 0 Å². The van der Waals surface area contributed by atoms with Crippen molar-refractivity contribution < 1.29 is 4.79 Å². The molecule has 8 heteroatoms. The van der Waals surface area contributed by atoms with Gasteiger partial charge >= 0.3 is 5.69 Å². The Hall–Kier alpha value is -3.42. The molecule has 0 spiro atoms. The summed E-state index contributed by atoms with van der Waals surface area (Å²) in [5, 5.41) is 2.80. The van der Waals surface area contributed by atoms with Crippen LogP contribution in [0.25, 0.3) is 10.9 Å². The summed E-state index contributed by atoms with van der Waals surface area (Å²) in [6.07, 6.45) is 1.46. The highest BCUT2D eigenvalue weighted by Gasteiger charge is 2.12. The number of rotatable bonds is 3. The van der Waals surface area contributed by atoms with E-state index in [1.54, 1.807) is 13.0 Å². The zero-order valence-electron chi connectivity index (χ0n) is 12.8. The Kier molecular flexibility index (Phi) is 3.87. The second-order valence-corrected chi connectivity index (χ2v) is 5.11. The minimum atomic E-state index is -0.535. The molecule has 3 rings (SSSR count). The van der Waals surface area contributed by atoms with Crippen LogP contribution in [0.4, 0.5) is 5.69 Å². The number of aromatic nitrogens is 3. The lowest BCUT2D eigenvalue weighted by atomic mass is 10.1. The molecular formula is C16H14N4O4. The molecule has 0 fully saturated rings. The number of nitrogens with zero attached hydrogens (tertiary/aromatic N) is 1. The highest BCUT2D eigenvalue weighted by molar-refractivity contribution is 6.05. The van der Waals surface area contributed by atoms with Crippen molar-refractivity contribution in [3.05, 3.63) is 73.3 Å². The van der Waals surface area contributed by atoms with Gasteiger partial charge in [0.2, 0.25) is 0 Å². The van der Waals surface area contributed by atoms with Gasteiger partial charge in [0, 0.05) is 18.3 Å². The standard InChI is InChI=1S/C16H14N4O4/c1-2-20-15(23)10-6-5-9(8-12(10)19-16(20)24)13(21)18-11-4-3-7-17-14(11)22/h3-8H,2H2,1H3,(H,17,22)(H,18,21)(H,19,24). The van der Waals surface area contributed by atoms with Crippen LogP contribution in [0.2, 0.25) is 0 Å². The smallest absolute Gasteiger partial charge is 0.327 e. The zero-order chi connectivity index (χ0) is 17.3. The zero-order valence-corrected chi connectivity index (χ0v) is 12.8. The number of nitrogens with one attached hydrogen (secondary N) is 3. The molecule has 3 N–H and O–H groups in total. The van der Waals surface area contributed by atoms with E-state index in [0.717, 1.165) is 4.57 Å². The van der Waals surface area contributed by atoms with E-state index in [9.17, 15) is 19.2 Å². The van der Waals surface area contributed by atoms with Crippen LogP contribution in [0.15, 0.2) is 50.9 Å². The summed E-state index contributed by atoms with van der Waals surface area (Å²) in [4.78, 5) is 52.9. The molecule has 0 bridgehead atoms. The number of carbonyl (C=O) groups excluding carboxylic acids is 1. The Balaban J connectivity index is 2.04. The van der Waals surface area contributed by atoms with Gasteiger partial charge in [-0.15, -0.1) is 0 Å². The first-order valence-electron chi connectivity index (χ1n) is 7.27. The number of pyridine rings is 1. The maximum atomic E-state index is 12.3. The number of fused-ring (bicyclic) bond motifs is 1. The molecule has 0 radical (unpaired) electrons. The third-order valence-electron chi connectivity index (χ3n) is 3.63. The van der Waals surface area contributed by atoms with E-state index in [1.807, 2.05) is 0 Å². The number of hydrogen-bond donors (Lipinski definition) is 3. The van der Waals surface area contributed by atoms with Gasteiger partial charge in [0.05, 0.1) is 10.9 Å². The van der Waals surface area contributed by atoms with Crippen molar-refractivity contribution >= 4 is 22.5 Å². The van der Waals surface area contributed by atoms with Gasteiger partial charge in [-0.05, 0) is 37.3 Å². The number of H-pyrrole nitrogens is 2. The lowest BCUT2D eigenvalue weighted by Crippen LogP contribution is -2.34. The summed E-state index contributed by atoms with van der Waals surface area (Å²) in [6.45, 7) is 1.95. The molecule has 2 aromatic heterocycles. The van der Waals surface area contributed by atoms with E-state index in [4.69, 9.17) is 0 Å². The molecule has 122 valence electrons. The summed E-state index contributed by atoms with van der Waals surface area (Å²) < 4.78 is 1.07. The Morgan fingerprint density at radius 3 is 2.71 bits per heavy atom. The fraction of sp³-hybridized carbons (Fsp3) is 0.125. The molecular weight excluding hydrogens is 312 g/mol. The van der Waals surface area contributed by atoms with Gasteiger partial charge in [0.1, 0.15) is 5.69 Å². The molecule has 0 atom stereocenters. The molecule has 3 aromatic rings. The maximum Gasteiger partial charge on any atom is 0.328 e. The summed E-state index contributed by atoms with van der Waals surface area (Å²) in [5.41, 5.74) is -0.780. The van der Waals surface area contributed by atoms with Crippen molar-refractivity contribution in [1.29, 1.82) is 0 Å².